The zero-order valence-corrected chi connectivity index (χ0v) is 16.8. The zero-order chi connectivity index (χ0) is 18.0. The molecule has 0 heteroatoms. The van der Waals surface area contributed by atoms with Gasteiger partial charge in [-0.1, -0.05) is 91.8 Å². The van der Waals surface area contributed by atoms with Crippen LogP contribution in [0.3, 0.4) is 0 Å². The molecule has 0 aliphatic heterocycles. The van der Waals surface area contributed by atoms with E-state index in [1.165, 1.54) is 33.4 Å². The minimum Gasteiger partial charge on any atom is -0.0617 e. The first-order chi connectivity index (χ1) is 11.2. The Morgan fingerprint density at radius 2 is 0.958 bits per heavy atom. The van der Waals surface area contributed by atoms with E-state index in [0.29, 0.717) is 23.7 Å². The molecule has 0 aliphatic rings. The Labute approximate surface area is 149 Å². The van der Waals surface area contributed by atoms with E-state index in [4.69, 9.17) is 0 Å². The summed E-state index contributed by atoms with van der Waals surface area (Å²) >= 11 is 0. The first-order valence-electron chi connectivity index (χ1n) is 9.50. The molecule has 0 atom stereocenters. The molecule has 24 heavy (non-hydrogen) atoms. The summed E-state index contributed by atoms with van der Waals surface area (Å²) in [6.45, 7) is 18.4. The van der Waals surface area contributed by atoms with Crippen molar-refractivity contribution in [2.24, 2.45) is 0 Å². The highest BCUT2D eigenvalue weighted by atomic mass is 14.2. The van der Waals surface area contributed by atoms with Gasteiger partial charge in [-0.25, -0.2) is 0 Å². The van der Waals surface area contributed by atoms with Crippen LogP contribution in [0.15, 0.2) is 36.4 Å². The van der Waals surface area contributed by atoms with E-state index >= 15 is 0 Å². The Kier molecular flexibility index (Phi) is 5.91. The molecule has 0 heterocycles. The second-order valence-corrected chi connectivity index (χ2v) is 8.32. The molecule has 0 fully saturated rings. The third-order valence-corrected chi connectivity index (χ3v) is 4.97. The molecule has 0 radical (unpaired) electrons. The van der Waals surface area contributed by atoms with E-state index < -0.39 is 0 Å². The smallest absolute Gasteiger partial charge is 0.0114 e. The van der Waals surface area contributed by atoms with Crippen LogP contribution >= 0.6 is 0 Å². The maximum absolute atomic E-state index is 2.42. The molecule has 0 saturated carbocycles. The fraction of sp³-hybridized carbons (Fsp3) is 0.500. The lowest BCUT2D eigenvalue weighted by molar-refractivity contribution is 0.827. The van der Waals surface area contributed by atoms with Crippen LogP contribution < -0.4 is 0 Å². The monoisotopic (exact) mass is 322 g/mol. The molecular formula is C24H34. The highest BCUT2D eigenvalue weighted by Crippen LogP contribution is 2.38. The molecule has 2 rings (SSSR count). The highest BCUT2D eigenvalue weighted by molar-refractivity contribution is 5.74. The average molecular weight is 323 g/mol. The van der Waals surface area contributed by atoms with Gasteiger partial charge < -0.3 is 0 Å². The van der Waals surface area contributed by atoms with Gasteiger partial charge in [0.2, 0.25) is 0 Å². The Bertz CT molecular complexity index is 635. The van der Waals surface area contributed by atoms with Crippen molar-refractivity contribution in [3.8, 4) is 11.1 Å². The third kappa shape index (κ3) is 3.91. The topological polar surface area (TPSA) is 0 Å². The number of hydrogen-bond donors (Lipinski definition) is 0. The minimum atomic E-state index is 0.531. The van der Waals surface area contributed by atoms with E-state index in [1.807, 2.05) is 0 Å². The van der Waals surface area contributed by atoms with Gasteiger partial charge in [0.25, 0.3) is 0 Å². The van der Waals surface area contributed by atoms with E-state index in [1.54, 1.807) is 0 Å². The molecule has 0 bridgehead atoms. The normalized spacial score (nSPS) is 12.0. The van der Waals surface area contributed by atoms with Gasteiger partial charge in [-0.2, -0.15) is 0 Å². The van der Waals surface area contributed by atoms with Crippen molar-refractivity contribution in [2.45, 2.75) is 79.1 Å². The fourth-order valence-corrected chi connectivity index (χ4v) is 3.37. The van der Waals surface area contributed by atoms with Gasteiger partial charge in [-0.15, -0.1) is 0 Å². The van der Waals surface area contributed by atoms with Gasteiger partial charge in [0.1, 0.15) is 0 Å². The second-order valence-electron chi connectivity index (χ2n) is 8.32. The predicted octanol–water partition coefficient (Wildman–Crippen LogP) is 7.85. The highest BCUT2D eigenvalue weighted by Gasteiger charge is 2.17. The Morgan fingerprint density at radius 3 is 1.29 bits per heavy atom. The molecule has 0 amide bonds. The standard InChI is InChI=1S/C24H34/c1-15(2)19-12-20(16(3)4)14-21(13-19)24-22(17(5)6)10-9-11-23(24)18(7)8/h9-18H,1-8H3. The van der Waals surface area contributed by atoms with Gasteiger partial charge in [0.15, 0.2) is 0 Å². The van der Waals surface area contributed by atoms with Crippen LogP contribution in [-0.4, -0.2) is 0 Å². The molecule has 0 nitrogen and oxygen atoms in total. The van der Waals surface area contributed by atoms with Crippen molar-refractivity contribution in [3.63, 3.8) is 0 Å². The summed E-state index contributed by atoms with van der Waals surface area (Å²) in [5.41, 5.74) is 8.70. The molecule has 2 aromatic carbocycles. The zero-order valence-electron chi connectivity index (χ0n) is 16.8. The summed E-state index contributed by atoms with van der Waals surface area (Å²) in [7, 11) is 0. The molecule has 130 valence electrons. The molecule has 0 saturated heterocycles. The molecule has 0 unspecified atom stereocenters. The second kappa shape index (κ2) is 7.55. The lowest BCUT2D eigenvalue weighted by Crippen LogP contribution is -2.02. The summed E-state index contributed by atoms with van der Waals surface area (Å²) < 4.78 is 0. The molecule has 0 aromatic heterocycles. The van der Waals surface area contributed by atoms with E-state index in [2.05, 4.69) is 91.8 Å². The van der Waals surface area contributed by atoms with Gasteiger partial charge in [-0.3, -0.25) is 0 Å². The van der Waals surface area contributed by atoms with Crippen molar-refractivity contribution < 1.29 is 0 Å². The molecular weight excluding hydrogens is 288 g/mol. The van der Waals surface area contributed by atoms with Crippen LogP contribution in [0.2, 0.25) is 0 Å². The summed E-state index contributed by atoms with van der Waals surface area (Å²) in [6, 6.07) is 14.1. The van der Waals surface area contributed by atoms with Crippen LogP contribution in [0.1, 0.15) is 101 Å². The largest absolute Gasteiger partial charge is 0.0617 e. The minimum absolute atomic E-state index is 0.531. The number of benzene rings is 2. The Balaban J connectivity index is 2.79. The van der Waals surface area contributed by atoms with Crippen molar-refractivity contribution in [2.75, 3.05) is 0 Å². The Hall–Kier alpha value is -1.56. The molecule has 2 aromatic rings. The van der Waals surface area contributed by atoms with Crippen LogP contribution in [-0.2, 0) is 0 Å². The number of hydrogen-bond acceptors (Lipinski definition) is 0. The van der Waals surface area contributed by atoms with Crippen LogP contribution in [0.4, 0.5) is 0 Å². The van der Waals surface area contributed by atoms with Gasteiger partial charge >= 0.3 is 0 Å². The lowest BCUT2D eigenvalue weighted by atomic mass is 9.82. The van der Waals surface area contributed by atoms with Gasteiger partial charge in [-0.05, 0) is 57.1 Å². The van der Waals surface area contributed by atoms with E-state index in [0.717, 1.165) is 0 Å². The summed E-state index contributed by atoms with van der Waals surface area (Å²) in [4.78, 5) is 0. The third-order valence-electron chi connectivity index (χ3n) is 4.97. The SMILES string of the molecule is CC(C)c1cc(-c2c(C(C)C)cccc2C(C)C)cc(C(C)C)c1. The molecule has 0 spiro atoms. The lowest BCUT2D eigenvalue weighted by Gasteiger charge is -2.22. The first kappa shape index (κ1) is 18.8. The molecule has 0 N–H and O–H groups in total. The maximum Gasteiger partial charge on any atom is -0.0114 e. The average Bonchev–Trinajstić information content (AvgIpc) is 2.53. The van der Waals surface area contributed by atoms with Crippen molar-refractivity contribution in [1.29, 1.82) is 0 Å². The maximum atomic E-state index is 2.42. The van der Waals surface area contributed by atoms with Crippen molar-refractivity contribution in [3.05, 3.63) is 58.7 Å². The molecule has 0 aliphatic carbocycles. The first-order valence-corrected chi connectivity index (χ1v) is 9.50. The summed E-state index contributed by atoms with van der Waals surface area (Å²) in [6.07, 6.45) is 0. The number of rotatable bonds is 5. The quantitative estimate of drug-likeness (QED) is 0.525. The Morgan fingerprint density at radius 1 is 0.542 bits per heavy atom. The van der Waals surface area contributed by atoms with Crippen LogP contribution in [0.25, 0.3) is 11.1 Å². The predicted molar refractivity (Wildman–Crippen MR) is 108 cm³/mol. The van der Waals surface area contributed by atoms with Crippen molar-refractivity contribution in [1.82, 2.24) is 0 Å². The van der Waals surface area contributed by atoms with E-state index in [9.17, 15) is 0 Å². The van der Waals surface area contributed by atoms with Crippen molar-refractivity contribution >= 4 is 0 Å². The van der Waals surface area contributed by atoms with E-state index in [-0.39, 0.29) is 0 Å². The van der Waals surface area contributed by atoms with Crippen LogP contribution in [0, 0.1) is 0 Å². The van der Waals surface area contributed by atoms with Crippen LogP contribution in [0.5, 0.6) is 0 Å². The summed E-state index contributed by atoms with van der Waals surface area (Å²) in [5, 5.41) is 0. The fourth-order valence-electron chi connectivity index (χ4n) is 3.37. The summed E-state index contributed by atoms with van der Waals surface area (Å²) in [5.74, 6) is 2.17. The van der Waals surface area contributed by atoms with Gasteiger partial charge in [0, 0.05) is 0 Å². The van der Waals surface area contributed by atoms with Gasteiger partial charge in [0.05, 0.1) is 0 Å².